The Labute approximate surface area is 124 Å². The Kier molecular flexibility index (Phi) is 7.42. The lowest BCUT2D eigenvalue weighted by atomic mass is 10.1. The molecule has 0 bridgehead atoms. The van der Waals surface area contributed by atoms with Crippen LogP contribution in [0.5, 0.6) is 0 Å². The van der Waals surface area contributed by atoms with E-state index in [9.17, 15) is 9.59 Å². The van der Waals surface area contributed by atoms with E-state index in [0.717, 1.165) is 5.69 Å². The molecule has 0 radical (unpaired) electrons. The molecule has 6 nitrogen and oxygen atoms in total. The van der Waals surface area contributed by atoms with Crippen LogP contribution < -0.4 is 10.6 Å². The standard InChI is InChI=1S/C15H22N2O4/c1-21-11-9-13(16)15(20)17(10-5-8-14(18)19)12-6-3-2-4-7-12/h2-4,6-7,13H,5,8-11,16H2,1H3,(H,18,19). The Morgan fingerprint density at radius 3 is 2.57 bits per heavy atom. The van der Waals surface area contributed by atoms with Crippen LogP contribution in [-0.4, -0.2) is 43.3 Å². The Hall–Kier alpha value is -1.92. The molecule has 1 aromatic carbocycles. The van der Waals surface area contributed by atoms with Crippen LogP contribution in [0.25, 0.3) is 0 Å². The highest BCUT2D eigenvalue weighted by atomic mass is 16.5. The van der Waals surface area contributed by atoms with Crippen LogP contribution >= 0.6 is 0 Å². The number of nitrogens with two attached hydrogens (primary N) is 1. The lowest BCUT2D eigenvalue weighted by molar-refractivity contribution is -0.137. The lowest BCUT2D eigenvalue weighted by Crippen LogP contribution is -2.45. The van der Waals surface area contributed by atoms with Gasteiger partial charge in [0.15, 0.2) is 0 Å². The summed E-state index contributed by atoms with van der Waals surface area (Å²) in [5.74, 6) is -1.09. The van der Waals surface area contributed by atoms with Crippen LogP contribution in [0.4, 0.5) is 5.69 Å². The molecule has 0 saturated carbocycles. The molecule has 1 amide bonds. The third-order valence-electron chi connectivity index (χ3n) is 3.06. The van der Waals surface area contributed by atoms with E-state index >= 15 is 0 Å². The molecule has 0 aliphatic rings. The minimum atomic E-state index is -0.876. The van der Waals surface area contributed by atoms with Crippen LogP contribution in [0.1, 0.15) is 19.3 Å². The van der Waals surface area contributed by atoms with Gasteiger partial charge in [-0.1, -0.05) is 18.2 Å². The second-order valence-corrected chi connectivity index (χ2v) is 4.71. The molecule has 116 valence electrons. The first-order valence-electron chi connectivity index (χ1n) is 6.89. The number of carboxylic acids is 1. The van der Waals surface area contributed by atoms with E-state index in [1.165, 1.54) is 0 Å². The van der Waals surface area contributed by atoms with Gasteiger partial charge in [0, 0.05) is 32.4 Å². The van der Waals surface area contributed by atoms with Crippen molar-refractivity contribution in [3.63, 3.8) is 0 Å². The lowest BCUT2D eigenvalue weighted by Gasteiger charge is -2.25. The fraction of sp³-hybridized carbons (Fsp3) is 0.467. The summed E-state index contributed by atoms with van der Waals surface area (Å²) < 4.78 is 4.93. The first-order valence-corrected chi connectivity index (χ1v) is 6.89. The Bertz CT molecular complexity index is 450. The predicted octanol–water partition coefficient (Wildman–Crippen LogP) is 1.25. The van der Waals surface area contributed by atoms with E-state index in [1.807, 2.05) is 30.3 Å². The van der Waals surface area contributed by atoms with Crippen molar-refractivity contribution in [2.24, 2.45) is 5.73 Å². The minimum Gasteiger partial charge on any atom is -0.481 e. The van der Waals surface area contributed by atoms with Crippen molar-refractivity contribution < 1.29 is 19.4 Å². The van der Waals surface area contributed by atoms with Crippen LogP contribution in [0, 0.1) is 0 Å². The molecule has 0 aliphatic carbocycles. The zero-order valence-corrected chi connectivity index (χ0v) is 12.2. The number of para-hydroxylation sites is 1. The van der Waals surface area contributed by atoms with Crippen molar-refractivity contribution in [2.75, 3.05) is 25.2 Å². The van der Waals surface area contributed by atoms with E-state index in [4.69, 9.17) is 15.6 Å². The van der Waals surface area contributed by atoms with Gasteiger partial charge in [0.05, 0.1) is 6.04 Å². The average Bonchev–Trinajstić information content (AvgIpc) is 2.49. The van der Waals surface area contributed by atoms with Crippen LogP contribution in [0.2, 0.25) is 0 Å². The van der Waals surface area contributed by atoms with Gasteiger partial charge in [0.25, 0.3) is 0 Å². The van der Waals surface area contributed by atoms with E-state index in [2.05, 4.69) is 0 Å². The number of methoxy groups -OCH3 is 1. The monoisotopic (exact) mass is 294 g/mol. The number of benzene rings is 1. The zero-order valence-electron chi connectivity index (χ0n) is 12.2. The van der Waals surface area contributed by atoms with Gasteiger partial charge >= 0.3 is 5.97 Å². The molecule has 1 rings (SSSR count). The number of rotatable bonds is 9. The summed E-state index contributed by atoms with van der Waals surface area (Å²) in [6, 6.07) is 8.47. The Morgan fingerprint density at radius 1 is 1.33 bits per heavy atom. The molecule has 0 aromatic heterocycles. The van der Waals surface area contributed by atoms with Crippen molar-refractivity contribution >= 4 is 17.6 Å². The summed E-state index contributed by atoms with van der Waals surface area (Å²) >= 11 is 0. The number of carbonyl (C=O) groups is 2. The van der Waals surface area contributed by atoms with Gasteiger partial charge in [-0.2, -0.15) is 0 Å². The van der Waals surface area contributed by atoms with E-state index in [1.54, 1.807) is 12.0 Å². The molecule has 0 aliphatic heterocycles. The van der Waals surface area contributed by atoms with Crippen molar-refractivity contribution in [2.45, 2.75) is 25.3 Å². The van der Waals surface area contributed by atoms with E-state index in [0.29, 0.717) is 26.0 Å². The number of hydrogen-bond donors (Lipinski definition) is 2. The molecule has 0 fully saturated rings. The van der Waals surface area contributed by atoms with E-state index in [-0.39, 0.29) is 12.3 Å². The Balaban J connectivity index is 2.76. The molecule has 0 heterocycles. The number of carboxylic acid groups (broad SMARTS) is 1. The normalized spacial score (nSPS) is 11.9. The van der Waals surface area contributed by atoms with Gasteiger partial charge in [0.1, 0.15) is 0 Å². The van der Waals surface area contributed by atoms with Crippen LogP contribution in [-0.2, 0) is 14.3 Å². The first-order chi connectivity index (χ1) is 10.1. The number of nitrogens with zero attached hydrogens (tertiary/aromatic N) is 1. The molecular formula is C15H22N2O4. The quantitative estimate of drug-likeness (QED) is 0.715. The number of aliphatic carboxylic acids is 1. The van der Waals surface area contributed by atoms with E-state index < -0.39 is 12.0 Å². The third kappa shape index (κ3) is 5.93. The van der Waals surface area contributed by atoms with Crippen LogP contribution in [0.15, 0.2) is 30.3 Å². The van der Waals surface area contributed by atoms with Gasteiger partial charge < -0.3 is 20.5 Å². The molecule has 1 aromatic rings. The summed E-state index contributed by atoms with van der Waals surface area (Å²) in [5.41, 5.74) is 6.61. The van der Waals surface area contributed by atoms with Crippen molar-refractivity contribution in [3.05, 3.63) is 30.3 Å². The second kappa shape index (κ2) is 9.10. The fourth-order valence-electron chi connectivity index (χ4n) is 1.93. The summed E-state index contributed by atoms with van der Waals surface area (Å²) in [6.07, 6.45) is 0.828. The topological polar surface area (TPSA) is 92.9 Å². The van der Waals surface area contributed by atoms with Crippen LogP contribution in [0.3, 0.4) is 0 Å². The molecule has 1 unspecified atom stereocenters. The summed E-state index contributed by atoms with van der Waals surface area (Å²) in [7, 11) is 1.55. The summed E-state index contributed by atoms with van der Waals surface area (Å²) in [6.45, 7) is 0.737. The maximum atomic E-state index is 12.4. The van der Waals surface area contributed by atoms with Gasteiger partial charge in [-0.25, -0.2) is 0 Å². The smallest absolute Gasteiger partial charge is 0.303 e. The second-order valence-electron chi connectivity index (χ2n) is 4.71. The molecule has 0 saturated heterocycles. The minimum absolute atomic E-state index is 0.0178. The highest BCUT2D eigenvalue weighted by Gasteiger charge is 2.22. The third-order valence-corrected chi connectivity index (χ3v) is 3.06. The highest BCUT2D eigenvalue weighted by molar-refractivity contribution is 5.97. The maximum absolute atomic E-state index is 12.4. The van der Waals surface area contributed by atoms with Crippen molar-refractivity contribution in [3.8, 4) is 0 Å². The molecule has 1 atom stereocenters. The molecular weight excluding hydrogens is 272 g/mol. The number of ether oxygens (including phenoxy) is 1. The van der Waals surface area contributed by atoms with Gasteiger partial charge in [-0.15, -0.1) is 0 Å². The fourth-order valence-corrected chi connectivity index (χ4v) is 1.93. The largest absolute Gasteiger partial charge is 0.481 e. The number of hydrogen-bond acceptors (Lipinski definition) is 4. The zero-order chi connectivity index (χ0) is 15.7. The average molecular weight is 294 g/mol. The van der Waals surface area contributed by atoms with Gasteiger partial charge in [-0.3, -0.25) is 9.59 Å². The van der Waals surface area contributed by atoms with Gasteiger partial charge in [-0.05, 0) is 25.0 Å². The molecule has 3 N–H and O–H groups in total. The van der Waals surface area contributed by atoms with Gasteiger partial charge in [0.2, 0.25) is 5.91 Å². The predicted molar refractivity (Wildman–Crippen MR) is 80.1 cm³/mol. The summed E-state index contributed by atoms with van der Waals surface area (Å²) in [4.78, 5) is 24.6. The molecule has 21 heavy (non-hydrogen) atoms. The van der Waals surface area contributed by atoms with Crippen molar-refractivity contribution in [1.82, 2.24) is 0 Å². The maximum Gasteiger partial charge on any atom is 0.303 e. The summed E-state index contributed by atoms with van der Waals surface area (Å²) in [5, 5.41) is 8.72. The molecule has 6 heteroatoms. The number of amides is 1. The number of carbonyl (C=O) groups excluding carboxylic acids is 1. The Morgan fingerprint density at radius 2 is 2.00 bits per heavy atom. The SMILES string of the molecule is COCCC(N)C(=O)N(CCCC(=O)O)c1ccccc1. The molecule has 0 spiro atoms. The van der Waals surface area contributed by atoms with Crippen molar-refractivity contribution in [1.29, 1.82) is 0 Å². The number of anilines is 1. The highest BCUT2D eigenvalue weighted by Crippen LogP contribution is 2.16. The first kappa shape index (κ1) is 17.1.